The van der Waals surface area contributed by atoms with Crippen LogP contribution in [0.4, 0.5) is 0 Å². The van der Waals surface area contributed by atoms with Crippen molar-refractivity contribution in [2.75, 3.05) is 7.05 Å². The Balaban J connectivity index is 2.26. The Labute approximate surface area is 152 Å². The summed E-state index contributed by atoms with van der Waals surface area (Å²) in [5.41, 5.74) is 0.690. The van der Waals surface area contributed by atoms with Crippen LogP contribution in [-0.4, -0.2) is 34.4 Å². The Morgan fingerprint density at radius 3 is 2.38 bits per heavy atom. The highest BCUT2D eigenvalue weighted by Gasteiger charge is 2.21. The monoisotopic (exact) mass is 400 g/mol. The van der Waals surface area contributed by atoms with E-state index in [0.717, 1.165) is 0 Å². The van der Waals surface area contributed by atoms with Gasteiger partial charge in [0.05, 0.1) is 10.9 Å². The summed E-state index contributed by atoms with van der Waals surface area (Å²) >= 11 is 0. The summed E-state index contributed by atoms with van der Waals surface area (Å²) in [7, 11) is -4.69. The van der Waals surface area contributed by atoms with Crippen molar-refractivity contribution in [3.8, 4) is 0 Å². The van der Waals surface area contributed by atoms with Gasteiger partial charge in [-0.25, -0.2) is 26.7 Å². The Hall–Kier alpha value is -2.21. The van der Waals surface area contributed by atoms with Crippen molar-refractivity contribution in [3.63, 3.8) is 0 Å². The van der Waals surface area contributed by atoms with Crippen LogP contribution in [0, 0.1) is 0 Å². The molecule has 1 heterocycles. The molecular weight excluding hydrogens is 380 g/mol. The predicted molar refractivity (Wildman–Crippen MR) is 95.4 cm³/mol. The maximum Gasteiger partial charge on any atom is 0.268 e. The number of hydrogen-bond donors (Lipinski definition) is 3. The smallest absolute Gasteiger partial charge is 0.268 e. The van der Waals surface area contributed by atoms with Gasteiger partial charge in [-0.2, -0.15) is 0 Å². The number of nitrogens with two attached hydrogens (primary N) is 1. The second-order valence-electron chi connectivity index (χ2n) is 5.69. The quantitative estimate of drug-likeness (QED) is 0.629. The van der Waals surface area contributed by atoms with Crippen molar-refractivity contribution in [2.24, 2.45) is 12.2 Å². The predicted octanol–water partition coefficient (Wildman–Crippen LogP) is 0.0716. The molecule has 0 fully saturated rings. The summed E-state index contributed by atoms with van der Waals surface area (Å²) in [5, 5.41) is 7.82. The molecule has 0 bridgehead atoms. The molecule has 11 heteroatoms. The van der Waals surface area contributed by atoms with Crippen molar-refractivity contribution in [3.05, 3.63) is 47.8 Å². The van der Waals surface area contributed by atoms with Crippen molar-refractivity contribution in [2.45, 2.75) is 22.8 Å². The van der Waals surface area contributed by atoms with Gasteiger partial charge in [0.1, 0.15) is 10.6 Å². The van der Waals surface area contributed by atoms with Crippen LogP contribution in [-0.2, 0) is 27.1 Å². The molecule has 0 aliphatic rings. The second-order valence-corrected chi connectivity index (χ2v) is 9.14. The normalized spacial score (nSPS) is 13.4. The van der Waals surface area contributed by atoms with Crippen molar-refractivity contribution in [1.29, 1.82) is 0 Å². The van der Waals surface area contributed by atoms with Gasteiger partial charge in [0.25, 0.3) is 5.91 Å². The molecule has 0 aliphatic heterocycles. The number of nitrogens with one attached hydrogen (secondary N) is 2. The molecule has 4 N–H and O–H groups in total. The summed E-state index contributed by atoms with van der Waals surface area (Å²) < 4.78 is 50.1. The fraction of sp³-hybridized carbons (Fsp3) is 0.267. The molecule has 2 rings (SSSR count). The highest BCUT2D eigenvalue weighted by Crippen LogP contribution is 2.18. The fourth-order valence-corrected chi connectivity index (χ4v) is 3.71. The maximum atomic E-state index is 12.5. The number of rotatable bonds is 6. The van der Waals surface area contributed by atoms with Gasteiger partial charge in [-0.05, 0) is 37.7 Å². The van der Waals surface area contributed by atoms with Gasteiger partial charge >= 0.3 is 0 Å². The van der Waals surface area contributed by atoms with Gasteiger partial charge in [0.15, 0.2) is 0 Å². The van der Waals surface area contributed by atoms with E-state index >= 15 is 0 Å². The van der Waals surface area contributed by atoms with Crippen LogP contribution >= 0.6 is 0 Å². The van der Waals surface area contributed by atoms with Gasteiger partial charge in [-0.15, -0.1) is 0 Å². The van der Waals surface area contributed by atoms with Crippen LogP contribution < -0.4 is 15.2 Å². The molecule has 26 heavy (non-hydrogen) atoms. The molecule has 0 radical (unpaired) electrons. The zero-order chi connectivity index (χ0) is 19.7. The number of amides is 1. The zero-order valence-corrected chi connectivity index (χ0v) is 16.1. The van der Waals surface area contributed by atoms with E-state index in [1.54, 1.807) is 20.0 Å². The van der Waals surface area contributed by atoms with Crippen LogP contribution in [0.25, 0.3) is 0 Å². The largest absolute Gasteiger partial charge is 0.345 e. The highest BCUT2D eigenvalue weighted by atomic mass is 32.2. The number of aryl methyl sites for hydroxylation is 1. The van der Waals surface area contributed by atoms with E-state index < -0.39 is 32.0 Å². The first kappa shape index (κ1) is 20.1. The lowest BCUT2D eigenvalue weighted by molar-refractivity contribution is 0.0931. The van der Waals surface area contributed by atoms with E-state index in [1.807, 2.05) is 0 Å². The number of benzene rings is 1. The molecule has 1 aromatic heterocycles. The molecule has 9 nitrogen and oxygen atoms in total. The van der Waals surface area contributed by atoms with Gasteiger partial charge in [0, 0.05) is 13.2 Å². The lowest BCUT2D eigenvalue weighted by Crippen LogP contribution is -2.28. The minimum atomic E-state index is -3.85. The molecule has 0 aliphatic carbocycles. The van der Waals surface area contributed by atoms with E-state index in [0.29, 0.717) is 5.56 Å². The molecule has 142 valence electrons. The van der Waals surface area contributed by atoms with Gasteiger partial charge in [-0.1, -0.05) is 12.1 Å². The van der Waals surface area contributed by atoms with Crippen molar-refractivity contribution >= 4 is 26.0 Å². The zero-order valence-electron chi connectivity index (χ0n) is 14.4. The molecule has 2 aromatic rings. The summed E-state index contributed by atoms with van der Waals surface area (Å²) in [6, 6.07) is 6.65. The number of carbonyl (C=O) groups is 1. The van der Waals surface area contributed by atoms with E-state index in [9.17, 15) is 21.6 Å². The summed E-state index contributed by atoms with van der Waals surface area (Å²) in [4.78, 5) is 12.4. The topological polar surface area (TPSA) is 140 Å². The lowest BCUT2D eigenvalue weighted by atomic mass is 10.1. The minimum Gasteiger partial charge on any atom is -0.345 e. The van der Waals surface area contributed by atoms with Crippen molar-refractivity contribution in [1.82, 2.24) is 14.6 Å². The van der Waals surface area contributed by atoms with E-state index in [2.05, 4.69) is 10.0 Å². The summed E-state index contributed by atoms with van der Waals surface area (Å²) in [6.45, 7) is 1.67. The first-order valence-electron chi connectivity index (χ1n) is 7.49. The molecular formula is C15H20N4O5S2. The summed E-state index contributed by atoms with van der Waals surface area (Å²) in [6.07, 6.45) is 1.33. The Morgan fingerprint density at radius 1 is 1.15 bits per heavy atom. The molecule has 0 saturated heterocycles. The minimum absolute atomic E-state index is 0.0310. The second kappa shape index (κ2) is 7.19. The van der Waals surface area contributed by atoms with E-state index in [1.165, 1.54) is 42.1 Å². The van der Waals surface area contributed by atoms with Gasteiger partial charge < -0.3 is 9.88 Å². The molecule has 1 aromatic carbocycles. The van der Waals surface area contributed by atoms with E-state index in [-0.39, 0.29) is 15.5 Å². The fourth-order valence-electron chi connectivity index (χ4n) is 2.34. The molecule has 0 spiro atoms. The van der Waals surface area contributed by atoms with Crippen LogP contribution in [0.3, 0.4) is 0 Å². The number of aromatic nitrogens is 1. The molecule has 1 atom stereocenters. The summed E-state index contributed by atoms with van der Waals surface area (Å²) in [5.74, 6) is -0.501. The van der Waals surface area contributed by atoms with Crippen LogP contribution in [0.2, 0.25) is 0 Å². The lowest BCUT2D eigenvalue weighted by Gasteiger charge is -2.15. The van der Waals surface area contributed by atoms with Crippen LogP contribution in [0.15, 0.2) is 46.3 Å². The Kier molecular flexibility index (Phi) is 5.56. The molecule has 0 saturated carbocycles. The first-order valence-corrected chi connectivity index (χ1v) is 10.5. The number of sulfonamides is 2. The van der Waals surface area contributed by atoms with Crippen molar-refractivity contribution < 1.29 is 21.6 Å². The maximum absolute atomic E-state index is 12.5. The number of carbonyl (C=O) groups excluding carboxylic acids is 1. The standard InChI is InChI=1S/C15H20N4O5S2/c1-10(11-5-4-6-12(7-11)25(16,21)22)18-15(20)14-8-13(9-19(14)3)26(23,24)17-2/h4-10,17H,1-3H3,(H,18,20)(H2,16,21,22). The van der Waals surface area contributed by atoms with Gasteiger partial charge in [0.2, 0.25) is 20.0 Å². The third-order valence-electron chi connectivity index (χ3n) is 3.83. The van der Waals surface area contributed by atoms with Gasteiger partial charge in [-0.3, -0.25) is 4.79 Å². The SMILES string of the molecule is CNS(=O)(=O)c1cc(C(=O)NC(C)c2cccc(S(N)(=O)=O)c2)n(C)c1. The third-order valence-corrected chi connectivity index (χ3v) is 6.12. The van der Waals surface area contributed by atoms with Crippen LogP contribution in [0.5, 0.6) is 0 Å². The molecule has 1 amide bonds. The number of hydrogen-bond acceptors (Lipinski definition) is 5. The Bertz CT molecular complexity index is 1040. The number of nitrogens with zero attached hydrogens (tertiary/aromatic N) is 1. The Morgan fingerprint density at radius 2 is 1.81 bits per heavy atom. The number of primary sulfonamides is 1. The average molecular weight is 400 g/mol. The average Bonchev–Trinajstić information content (AvgIpc) is 2.97. The first-order chi connectivity index (χ1) is 12.0. The van der Waals surface area contributed by atoms with E-state index in [4.69, 9.17) is 5.14 Å². The highest BCUT2D eigenvalue weighted by molar-refractivity contribution is 7.89. The molecule has 1 unspecified atom stereocenters. The van der Waals surface area contributed by atoms with Crippen LogP contribution in [0.1, 0.15) is 29.0 Å². The third kappa shape index (κ3) is 4.30.